The molecule has 0 aromatic rings. The number of esters is 4. The van der Waals surface area contributed by atoms with Crippen LogP contribution < -0.4 is 0 Å². The van der Waals surface area contributed by atoms with Gasteiger partial charge in [-0.05, 0) is 51.4 Å². The Morgan fingerprint density at radius 3 is 0.849 bits per heavy atom. The number of ether oxygens (including phenoxy) is 4. The van der Waals surface area contributed by atoms with E-state index in [-0.39, 0.29) is 25.7 Å². The molecule has 0 radical (unpaired) electrons. The molecule has 17 nitrogen and oxygen atoms in total. The van der Waals surface area contributed by atoms with E-state index in [9.17, 15) is 43.2 Å². The molecule has 0 aliphatic rings. The number of hydrogen-bond acceptors (Lipinski definition) is 15. The third kappa shape index (κ3) is 60.5. The van der Waals surface area contributed by atoms with Gasteiger partial charge in [-0.15, -0.1) is 0 Å². The third-order valence-corrected chi connectivity index (χ3v) is 16.9. The Balaban J connectivity index is 5.26. The SMILES string of the molecule is CCCCCC/C=C\C=C/CCCCCCCC(=O)O[C@H](COC(=O)CCCCCCCCCCCCCCC)COP(=O)(O)OC[C@@H](O)COP(=O)(O)OC[C@@H](COC(=O)CCCCCCCCCC)OC(=O)CCCCCCCCCCCC. The van der Waals surface area contributed by atoms with Crippen molar-refractivity contribution in [2.45, 2.75) is 341 Å². The van der Waals surface area contributed by atoms with E-state index in [1.807, 2.05) is 0 Å². The largest absolute Gasteiger partial charge is 0.472 e. The van der Waals surface area contributed by atoms with Gasteiger partial charge in [0.2, 0.25) is 0 Å². The van der Waals surface area contributed by atoms with Crippen LogP contribution in [0.3, 0.4) is 0 Å². The topological polar surface area (TPSA) is 237 Å². The van der Waals surface area contributed by atoms with Crippen molar-refractivity contribution < 1.29 is 80.2 Å². The number of rotatable bonds is 66. The quantitative estimate of drug-likeness (QED) is 0.0169. The summed E-state index contributed by atoms with van der Waals surface area (Å²) >= 11 is 0. The van der Waals surface area contributed by atoms with Crippen molar-refractivity contribution in [1.82, 2.24) is 0 Å². The van der Waals surface area contributed by atoms with Crippen LogP contribution in [-0.2, 0) is 65.4 Å². The van der Waals surface area contributed by atoms with E-state index in [0.717, 1.165) is 109 Å². The highest BCUT2D eigenvalue weighted by Gasteiger charge is 2.30. The molecule has 0 aliphatic carbocycles. The molecule has 2 unspecified atom stereocenters. The van der Waals surface area contributed by atoms with Crippen LogP contribution >= 0.6 is 15.6 Å². The van der Waals surface area contributed by atoms with Crippen LogP contribution in [0, 0.1) is 0 Å². The fourth-order valence-electron chi connectivity index (χ4n) is 9.62. The fraction of sp³-hybridized carbons (Fsp3) is 0.881. The van der Waals surface area contributed by atoms with Crippen LogP contribution in [0.1, 0.15) is 323 Å². The zero-order valence-corrected chi connectivity index (χ0v) is 56.6. The molecule has 0 aromatic heterocycles. The number of carbonyl (C=O) groups is 4. The van der Waals surface area contributed by atoms with Crippen LogP contribution in [0.4, 0.5) is 0 Å². The first kappa shape index (κ1) is 83.5. The van der Waals surface area contributed by atoms with Gasteiger partial charge in [-0.1, -0.05) is 270 Å². The Kier molecular flexibility index (Phi) is 59.6. The van der Waals surface area contributed by atoms with E-state index in [4.69, 9.17) is 37.0 Å². The number of carbonyl (C=O) groups excluding carboxylic acids is 4. The van der Waals surface area contributed by atoms with Gasteiger partial charge in [-0.25, -0.2) is 9.13 Å². The summed E-state index contributed by atoms with van der Waals surface area (Å²) < 4.78 is 68.0. The third-order valence-electron chi connectivity index (χ3n) is 15.0. The van der Waals surface area contributed by atoms with Gasteiger partial charge >= 0.3 is 39.5 Å². The highest BCUT2D eigenvalue weighted by Crippen LogP contribution is 2.45. The predicted molar refractivity (Wildman–Crippen MR) is 345 cm³/mol. The summed E-state index contributed by atoms with van der Waals surface area (Å²) in [5, 5.41) is 10.5. The van der Waals surface area contributed by atoms with Gasteiger partial charge in [0, 0.05) is 25.7 Å². The summed E-state index contributed by atoms with van der Waals surface area (Å²) in [6, 6.07) is 0. The smallest absolute Gasteiger partial charge is 0.462 e. The molecule has 0 amide bonds. The monoisotopic (exact) mass is 1260 g/mol. The van der Waals surface area contributed by atoms with Gasteiger partial charge in [0.15, 0.2) is 12.2 Å². The van der Waals surface area contributed by atoms with Crippen LogP contribution in [0.15, 0.2) is 24.3 Å². The highest BCUT2D eigenvalue weighted by molar-refractivity contribution is 7.47. The summed E-state index contributed by atoms with van der Waals surface area (Å²) in [4.78, 5) is 72.2. The zero-order chi connectivity index (χ0) is 63.3. The summed E-state index contributed by atoms with van der Waals surface area (Å²) in [5.74, 6) is -2.16. The molecule has 86 heavy (non-hydrogen) atoms. The number of allylic oxidation sites excluding steroid dienone is 4. The summed E-state index contributed by atoms with van der Waals surface area (Å²) in [5.41, 5.74) is 0. The first-order valence-electron chi connectivity index (χ1n) is 34.6. The van der Waals surface area contributed by atoms with Crippen molar-refractivity contribution in [3.05, 3.63) is 24.3 Å². The van der Waals surface area contributed by atoms with E-state index in [2.05, 4.69) is 52.0 Å². The number of phosphoric ester groups is 2. The van der Waals surface area contributed by atoms with Crippen molar-refractivity contribution in [2.75, 3.05) is 39.6 Å². The predicted octanol–water partition coefficient (Wildman–Crippen LogP) is 18.7. The minimum atomic E-state index is -4.95. The maximum absolute atomic E-state index is 13.0. The first-order chi connectivity index (χ1) is 41.7. The minimum absolute atomic E-state index is 0.0857. The van der Waals surface area contributed by atoms with Crippen LogP contribution in [0.5, 0.6) is 0 Å². The minimum Gasteiger partial charge on any atom is -0.462 e. The molecule has 3 N–H and O–H groups in total. The second kappa shape index (κ2) is 61.4. The average Bonchev–Trinajstić information content (AvgIpc) is 3.69. The highest BCUT2D eigenvalue weighted by atomic mass is 31.2. The Hall–Kier alpha value is -2.46. The maximum Gasteiger partial charge on any atom is 0.472 e. The van der Waals surface area contributed by atoms with Gasteiger partial charge < -0.3 is 33.8 Å². The molecule has 19 heteroatoms. The second-order valence-corrected chi connectivity index (χ2v) is 26.4. The van der Waals surface area contributed by atoms with Gasteiger partial charge in [0.05, 0.1) is 26.4 Å². The van der Waals surface area contributed by atoms with Crippen molar-refractivity contribution >= 4 is 39.5 Å². The lowest BCUT2D eigenvalue weighted by Crippen LogP contribution is -2.30. The molecule has 0 aliphatic heterocycles. The number of phosphoric acid groups is 2. The Morgan fingerprint density at radius 2 is 0.558 bits per heavy atom. The molecular formula is C67H126O17P2. The fourth-order valence-corrected chi connectivity index (χ4v) is 11.2. The lowest BCUT2D eigenvalue weighted by atomic mass is 10.0. The van der Waals surface area contributed by atoms with E-state index in [1.54, 1.807) is 0 Å². The molecule has 0 rings (SSSR count). The molecule has 0 spiro atoms. The second-order valence-electron chi connectivity index (χ2n) is 23.5. The normalized spacial score (nSPS) is 14.3. The summed E-state index contributed by atoms with van der Waals surface area (Å²) in [7, 11) is -9.90. The number of hydrogen-bond donors (Lipinski definition) is 3. The Bertz CT molecular complexity index is 1750. The van der Waals surface area contributed by atoms with Crippen molar-refractivity contribution in [3.63, 3.8) is 0 Å². The van der Waals surface area contributed by atoms with E-state index in [0.29, 0.717) is 25.7 Å². The van der Waals surface area contributed by atoms with E-state index < -0.39 is 97.5 Å². The Labute approximate surface area is 522 Å². The number of aliphatic hydroxyl groups is 1. The van der Waals surface area contributed by atoms with Gasteiger partial charge in [-0.2, -0.15) is 0 Å². The van der Waals surface area contributed by atoms with Crippen LogP contribution in [-0.4, -0.2) is 96.7 Å². The van der Waals surface area contributed by atoms with Crippen LogP contribution in [0.2, 0.25) is 0 Å². The lowest BCUT2D eigenvalue weighted by Gasteiger charge is -2.21. The molecular weight excluding hydrogens is 1140 g/mol. The van der Waals surface area contributed by atoms with Crippen molar-refractivity contribution in [2.24, 2.45) is 0 Å². The maximum atomic E-state index is 13.0. The van der Waals surface area contributed by atoms with Gasteiger partial charge in [-0.3, -0.25) is 37.3 Å². The molecule has 5 atom stereocenters. The van der Waals surface area contributed by atoms with Crippen LogP contribution in [0.25, 0.3) is 0 Å². The molecule has 0 aromatic carbocycles. The standard InChI is InChI=1S/C67H126O17P2/c1-5-9-13-17-21-25-28-30-31-33-35-38-42-46-50-54-67(72)84-63(58-78-65(70)52-48-44-40-37-34-32-29-26-22-18-14-10-6-2)60-82-86(75,76)80-56-61(68)55-79-85(73,74)81-59-62(57-77-64(69)51-47-43-39-24-20-16-12-8-4)83-66(71)53-49-45-41-36-27-23-19-15-11-7-3/h25,28,30-31,61-63,68H,5-24,26-27,29,32-60H2,1-4H3,(H,73,74)(H,75,76)/b28-25-,31-30-/t61-,62+,63+/m0/s1. The number of unbranched alkanes of at least 4 members (excludes halogenated alkanes) is 37. The van der Waals surface area contributed by atoms with E-state index in [1.165, 1.54) is 135 Å². The number of aliphatic hydroxyl groups excluding tert-OH is 1. The van der Waals surface area contributed by atoms with Crippen molar-refractivity contribution in [3.8, 4) is 0 Å². The molecule has 0 heterocycles. The summed E-state index contributed by atoms with van der Waals surface area (Å²) in [6.07, 6.45) is 50.7. The first-order valence-corrected chi connectivity index (χ1v) is 37.6. The molecule has 0 fully saturated rings. The molecule has 0 bridgehead atoms. The van der Waals surface area contributed by atoms with Crippen molar-refractivity contribution in [1.29, 1.82) is 0 Å². The molecule has 0 saturated heterocycles. The molecule has 506 valence electrons. The summed E-state index contributed by atoms with van der Waals surface area (Å²) in [6.45, 7) is 4.82. The van der Waals surface area contributed by atoms with Gasteiger partial charge in [0.1, 0.15) is 19.3 Å². The van der Waals surface area contributed by atoms with E-state index >= 15 is 0 Å². The molecule has 0 saturated carbocycles. The zero-order valence-electron chi connectivity index (χ0n) is 54.8. The van der Waals surface area contributed by atoms with Gasteiger partial charge in [0.25, 0.3) is 0 Å². The Morgan fingerprint density at radius 1 is 0.326 bits per heavy atom. The average molecular weight is 1270 g/mol. The lowest BCUT2D eigenvalue weighted by molar-refractivity contribution is -0.161.